The second kappa shape index (κ2) is 5.34. The zero-order valence-electron chi connectivity index (χ0n) is 13.4. The van der Waals surface area contributed by atoms with Crippen LogP contribution < -0.4 is 4.74 Å². The standard InChI is InChI=1S/C17H24O4/c1-9-10(2)16-13(11(3)15(9)20)6-7-17(5,21-16)8-14(19)12(4)18/h14,19-20H,6-8H2,1-5H3/t14?,17-/m0/s1. The van der Waals surface area contributed by atoms with Crippen molar-refractivity contribution >= 4 is 5.78 Å². The number of ether oxygens (including phenoxy) is 1. The average Bonchev–Trinajstić information content (AvgIpc) is 2.42. The van der Waals surface area contributed by atoms with Crippen LogP contribution in [0.2, 0.25) is 0 Å². The molecule has 2 N–H and O–H groups in total. The molecule has 0 saturated carbocycles. The van der Waals surface area contributed by atoms with Crippen LogP contribution in [0.15, 0.2) is 0 Å². The SMILES string of the molecule is CC(=O)C(O)C[C@]1(C)CCc2c(C)c(O)c(C)c(C)c2O1. The van der Waals surface area contributed by atoms with Crippen LogP contribution >= 0.6 is 0 Å². The van der Waals surface area contributed by atoms with E-state index in [-0.39, 0.29) is 5.78 Å². The van der Waals surface area contributed by atoms with Gasteiger partial charge in [-0.3, -0.25) is 4.79 Å². The third-order valence-corrected chi connectivity index (χ3v) is 4.69. The molecule has 2 rings (SSSR count). The van der Waals surface area contributed by atoms with Crippen molar-refractivity contribution in [3.05, 3.63) is 22.3 Å². The molecule has 0 spiro atoms. The number of aliphatic hydroxyl groups excluding tert-OH is 1. The van der Waals surface area contributed by atoms with E-state index in [4.69, 9.17) is 4.74 Å². The molecule has 0 aromatic heterocycles. The first-order valence-corrected chi connectivity index (χ1v) is 7.35. The normalized spacial score (nSPS) is 22.4. The van der Waals surface area contributed by atoms with Crippen LogP contribution in [0.4, 0.5) is 0 Å². The number of hydrogen-bond acceptors (Lipinski definition) is 4. The summed E-state index contributed by atoms with van der Waals surface area (Å²) in [5.74, 6) is 0.898. The van der Waals surface area contributed by atoms with Crippen LogP contribution in [0.5, 0.6) is 11.5 Å². The van der Waals surface area contributed by atoms with E-state index >= 15 is 0 Å². The lowest BCUT2D eigenvalue weighted by atomic mass is 9.84. The minimum absolute atomic E-state index is 0.236. The first-order chi connectivity index (χ1) is 9.66. The molecule has 1 unspecified atom stereocenters. The number of benzene rings is 1. The summed E-state index contributed by atoms with van der Waals surface area (Å²) in [6, 6.07) is 0. The number of aromatic hydroxyl groups is 1. The summed E-state index contributed by atoms with van der Waals surface area (Å²) in [4.78, 5) is 11.3. The molecule has 21 heavy (non-hydrogen) atoms. The maximum absolute atomic E-state index is 11.3. The zero-order valence-corrected chi connectivity index (χ0v) is 13.4. The molecule has 116 valence electrons. The Hall–Kier alpha value is -1.55. The van der Waals surface area contributed by atoms with Gasteiger partial charge in [-0.2, -0.15) is 0 Å². The summed E-state index contributed by atoms with van der Waals surface area (Å²) in [6.45, 7) is 9.02. The number of aliphatic hydroxyl groups is 1. The highest BCUT2D eigenvalue weighted by Crippen LogP contribution is 2.44. The van der Waals surface area contributed by atoms with Gasteiger partial charge in [-0.1, -0.05) is 0 Å². The molecule has 1 aromatic rings. The van der Waals surface area contributed by atoms with Gasteiger partial charge in [0.1, 0.15) is 23.2 Å². The van der Waals surface area contributed by atoms with Crippen molar-refractivity contribution in [3.63, 3.8) is 0 Å². The number of Topliss-reactive ketones (excluding diaryl/α,β-unsaturated/α-hetero) is 1. The zero-order chi connectivity index (χ0) is 15.9. The van der Waals surface area contributed by atoms with Gasteiger partial charge in [-0.25, -0.2) is 0 Å². The Labute approximate surface area is 125 Å². The summed E-state index contributed by atoms with van der Waals surface area (Å²) in [5.41, 5.74) is 3.09. The van der Waals surface area contributed by atoms with Crippen molar-refractivity contribution < 1.29 is 19.7 Å². The molecule has 0 amide bonds. The third-order valence-electron chi connectivity index (χ3n) is 4.69. The Kier molecular flexibility index (Phi) is 4.02. The maximum Gasteiger partial charge on any atom is 0.158 e. The van der Waals surface area contributed by atoms with E-state index in [1.165, 1.54) is 6.92 Å². The largest absolute Gasteiger partial charge is 0.507 e. The number of fused-ring (bicyclic) bond motifs is 1. The smallest absolute Gasteiger partial charge is 0.158 e. The van der Waals surface area contributed by atoms with Gasteiger partial charge in [0, 0.05) is 12.0 Å². The van der Waals surface area contributed by atoms with Gasteiger partial charge in [0.15, 0.2) is 5.78 Å². The molecule has 4 heteroatoms. The molecule has 2 atom stereocenters. The quantitative estimate of drug-likeness (QED) is 0.899. The first-order valence-electron chi connectivity index (χ1n) is 7.35. The topological polar surface area (TPSA) is 66.8 Å². The number of phenols is 1. The van der Waals surface area contributed by atoms with E-state index in [1.807, 2.05) is 27.7 Å². The van der Waals surface area contributed by atoms with Crippen LogP contribution in [-0.2, 0) is 11.2 Å². The van der Waals surface area contributed by atoms with Crippen LogP contribution in [0, 0.1) is 20.8 Å². The van der Waals surface area contributed by atoms with Crippen molar-refractivity contribution in [2.75, 3.05) is 0 Å². The van der Waals surface area contributed by atoms with Crippen molar-refractivity contribution in [1.82, 2.24) is 0 Å². The number of hydrogen-bond donors (Lipinski definition) is 2. The molecule has 0 saturated heterocycles. The Morgan fingerprint density at radius 3 is 2.48 bits per heavy atom. The minimum atomic E-state index is -0.990. The van der Waals surface area contributed by atoms with Gasteiger partial charge in [0.25, 0.3) is 0 Å². The van der Waals surface area contributed by atoms with Gasteiger partial charge in [0.2, 0.25) is 0 Å². The Bertz CT molecular complexity index is 591. The fraction of sp³-hybridized carbons (Fsp3) is 0.588. The number of carbonyl (C=O) groups is 1. The van der Waals surface area contributed by atoms with Gasteiger partial charge in [-0.05, 0) is 64.2 Å². The maximum atomic E-state index is 11.3. The molecule has 0 radical (unpaired) electrons. The van der Waals surface area contributed by atoms with Crippen LogP contribution in [0.1, 0.15) is 48.9 Å². The van der Waals surface area contributed by atoms with E-state index < -0.39 is 11.7 Å². The summed E-state index contributed by atoms with van der Waals surface area (Å²) >= 11 is 0. The lowest BCUT2D eigenvalue weighted by molar-refractivity contribution is -0.127. The highest BCUT2D eigenvalue weighted by atomic mass is 16.5. The monoisotopic (exact) mass is 292 g/mol. The molecule has 0 bridgehead atoms. The number of rotatable bonds is 3. The van der Waals surface area contributed by atoms with E-state index in [1.54, 1.807) is 0 Å². The molecule has 1 aliphatic rings. The second-order valence-electron chi connectivity index (χ2n) is 6.41. The fourth-order valence-electron chi connectivity index (χ4n) is 2.99. The Balaban J connectivity index is 2.38. The van der Waals surface area contributed by atoms with Crippen LogP contribution in [0.3, 0.4) is 0 Å². The summed E-state index contributed by atoms with van der Waals surface area (Å²) in [7, 11) is 0. The van der Waals surface area contributed by atoms with Crippen molar-refractivity contribution in [3.8, 4) is 11.5 Å². The van der Waals surface area contributed by atoms with Gasteiger partial charge in [0.05, 0.1) is 0 Å². The van der Waals surface area contributed by atoms with Crippen molar-refractivity contribution in [2.45, 2.75) is 65.6 Å². The molecular formula is C17H24O4. The highest BCUT2D eigenvalue weighted by molar-refractivity contribution is 5.80. The Morgan fingerprint density at radius 1 is 1.29 bits per heavy atom. The lowest BCUT2D eigenvalue weighted by Gasteiger charge is -2.38. The molecule has 1 heterocycles. The minimum Gasteiger partial charge on any atom is -0.507 e. The van der Waals surface area contributed by atoms with Crippen LogP contribution in [-0.4, -0.2) is 27.7 Å². The number of ketones is 1. The summed E-state index contributed by atoms with van der Waals surface area (Å²) < 4.78 is 6.16. The van der Waals surface area contributed by atoms with E-state index in [0.717, 1.165) is 34.4 Å². The first kappa shape index (κ1) is 15.8. The van der Waals surface area contributed by atoms with Crippen LogP contribution in [0.25, 0.3) is 0 Å². The second-order valence-corrected chi connectivity index (χ2v) is 6.41. The Morgan fingerprint density at radius 2 is 1.90 bits per heavy atom. The fourth-order valence-corrected chi connectivity index (χ4v) is 2.99. The summed E-state index contributed by atoms with van der Waals surface area (Å²) in [5, 5.41) is 20.0. The van der Waals surface area contributed by atoms with E-state index in [2.05, 4.69) is 0 Å². The predicted octanol–water partition coefficient (Wildman–Crippen LogP) is 2.74. The summed E-state index contributed by atoms with van der Waals surface area (Å²) in [6.07, 6.45) is 0.792. The molecular weight excluding hydrogens is 268 g/mol. The predicted molar refractivity (Wildman–Crippen MR) is 81.0 cm³/mol. The highest BCUT2D eigenvalue weighted by Gasteiger charge is 2.37. The van der Waals surface area contributed by atoms with E-state index in [0.29, 0.717) is 18.6 Å². The average molecular weight is 292 g/mol. The number of phenolic OH excluding ortho intramolecular Hbond substituents is 1. The third kappa shape index (κ3) is 2.77. The molecule has 1 aromatic carbocycles. The van der Waals surface area contributed by atoms with Gasteiger partial charge < -0.3 is 14.9 Å². The van der Waals surface area contributed by atoms with Gasteiger partial charge in [-0.15, -0.1) is 0 Å². The number of carbonyl (C=O) groups excluding carboxylic acids is 1. The van der Waals surface area contributed by atoms with Crippen molar-refractivity contribution in [1.29, 1.82) is 0 Å². The van der Waals surface area contributed by atoms with E-state index in [9.17, 15) is 15.0 Å². The molecule has 0 aliphatic carbocycles. The molecule has 0 fully saturated rings. The van der Waals surface area contributed by atoms with Crippen molar-refractivity contribution in [2.24, 2.45) is 0 Å². The van der Waals surface area contributed by atoms with Gasteiger partial charge >= 0.3 is 0 Å². The molecule has 1 aliphatic heterocycles. The lowest BCUT2D eigenvalue weighted by Crippen LogP contribution is -2.41. The molecule has 4 nitrogen and oxygen atoms in total.